The van der Waals surface area contributed by atoms with Crippen LogP contribution in [0.3, 0.4) is 0 Å². The van der Waals surface area contributed by atoms with Crippen molar-refractivity contribution in [2.75, 3.05) is 11.9 Å². The average Bonchev–Trinajstić information content (AvgIpc) is 2.84. The van der Waals surface area contributed by atoms with E-state index in [1.54, 1.807) is 0 Å². The van der Waals surface area contributed by atoms with E-state index in [1.807, 2.05) is 12.3 Å². The summed E-state index contributed by atoms with van der Waals surface area (Å²) >= 11 is 0. The van der Waals surface area contributed by atoms with Crippen LogP contribution in [0.5, 0.6) is 0 Å². The molecule has 70 valence electrons. The smallest absolute Gasteiger partial charge is 0.134 e. The maximum absolute atomic E-state index is 4.45. The molecule has 0 aromatic carbocycles. The molecule has 1 aliphatic rings. The van der Waals surface area contributed by atoms with Gasteiger partial charge in [0.05, 0.1) is 0 Å². The predicted molar refractivity (Wildman–Crippen MR) is 52.7 cm³/mol. The normalized spacial score (nSPS) is 25.7. The van der Waals surface area contributed by atoms with Crippen LogP contribution in [0.1, 0.15) is 32.0 Å². The number of nitrogens with one attached hydrogen (secondary N) is 1. The highest BCUT2D eigenvalue weighted by atomic mass is 15.0. The van der Waals surface area contributed by atoms with Crippen LogP contribution in [-0.2, 0) is 0 Å². The van der Waals surface area contributed by atoms with E-state index in [0.717, 1.165) is 24.1 Å². The van der Waals surface area contributed by atoms with Crippen molar-refractivity contribution in [3.8, 4) is 0 Å². The van der Waals surface area contributed by atoms with Crippen LogP contribution < -0.4 is 5.32 Å². The summed E-state index contributed by atoms with van der Waals surface area (Å²) in [5, 5.41) is 3.19. The lowest BCUT2D eigenvalue weighted by Gasteiger charge is -2.03. The van der Waals surface area contributed by atoms with E-state index in [0.29, 0.717) is 5.92 Å². The van der Waals surface area contributed by atoms with Gasteiger partial charge in [0.2, 0.25) is 0 Å². The maximum atomic E-state index is 4.45. The summed E-state index contributed by atoms with van der Waals surface area (Å²) in [6, 6.07) is 1.92. The summed E-state index contributed by atoms with van der Waals surface area (Å²) in [5.41, 5.74) is 0. The molecule has 1 fully saturated rings. The van der Waals surface area contributed by atoms with Crippen LogP contribution in [-0.4, -0.2) is 16.5 Å². The highest BCUT2D eigenvalue weighted by Gasteiger charge is 2.36. The second-order valence-electron chi connectivity index (χ2n) is 3.65. The minimum atomic E-state index is 0.610. The Morgan fingerprint density at radius 3 is 3.00 bits per heavy atom. The summed E-state index contributed by atoms with van der Waals surface area (Å²) in [6.45, 7) is 5.23. The lowest BCUT2D eigenvalue weighted by atomic mass is 10.3. The zero-order valence-electron chi connectivity index (χ0n) is 8.12. The number of hydrogen-bond acceptors (Lipinski definition) is 3. The van der Waals surface area contributed by atoms with Gasteiger partial charge < -0.3 is 5.32 Å². The Kier molecular flexibility index (Phi) is 2.17. The monoisotopic (exact) mass is 177 g/mol. The molecular formula is C10H15N3. The van der Waals surface area contributed by atoms with Gasteiger partial charge in [0.25, 0.3) is 0 Å². The standard InChI is InChI=1S/C10H15N3/c1-3-11-9-4-5-12-10(13-9)8-6-7(8)2/h4-5,7-8H,3,6H2,1-2H3,(H,11,12,13). The molecule has 2 unspecified atom stereocenters. The Hall–Kier alpha value is -1.12. The Labute approximate surface area is 78.6 Å². The summed E-state index contributed by atoms with van der Waals surface area (Å²) < 4.78 is 0. The SMILES string of the molecule is CCNc1ccnc(C2CC2C)n1. The molecule has 1 aliphatic carbocycles. The van der Waals surface area contributed by atoms with Crippen molar-refractivity contribution < 1.29 is 0 Å². The van der Waals surface area contributed by atoms with Gasteiger partial charge in [0.15, 0.2) is 0 Å². The first-order valence-corrected chi connectivity index (χ1v) is 4.88. The van der Waals surface area contributed by atoms with Crippen molar-refractivity contribution in [1.29, 1.82) is 0 Å². The Bertz CT molecular complexity index is 298. The third kappa shape index (κ3) is 1.79. The highest BCUT2D eigenvalue weighted by molar-refractivity contribution is 5.33. The fourth-order valence-electron chi connectivity index (χ4n) is 1.51. The van der Waals surface area contributed by atoms with Crippen molar-refractivity contribution in [1.82, 2.24) is 9.97 Å². The first-order valence-electron chi connectivity index (χ1n) is 4.88. The van der Waals surface area contributed by atoms with E-state index in [1.165, 1.54) is 6.42 Å². The van der Waals surface area contributed by atoms with Gasteiger partial charge in [0.1, 0.15) is 11.6 Å². The van der Waals surface area contributed by atoms with Crippen LogP contribution >= 0.6 is 0 Å². The van der Waals surface area contributed by atoms with Crippen molar-refractivity contribution >= 4 is 5.82 Å². The molecule has 0 amide bonds. The topological polar surface area (TPSA) is 37.8 Å². The van der Waals surface area contributed by atoms with Gasteiger partial charge in [-0.1, -0.05) is 6.92 Å². The summed E-state index contributed by atoms with van der Waals surface area (Å²) in [4.78, 5) is 8.74. The maximum Gasteiger partial charge on any atom is 0.134 e. The molecule has 0 spiro atoms. The van der Waals surface area contributed by atoms with Crippen LogP contribution in [0.4, 0.5) is 5.82 Å². The van der Waals surface area contributed by atoms with Crippen molar-refractivity contribution in [2.24, 2.45) is 5.92 Å². The second-order valence-corrected chi connectivity index (χ2v) is 3.65. The molecule has 1 heterocycles. The van der Waals surface area contributed by atoms with Gasteiger partial charge in [-0.2, -0.15) is 0 Å². The minimum absolute atomic E-state index is 0.610. The zero-order chi connectivity index (χ0) is 9.26. The van der Waals surface area contributed by atoms with E-state index < -0.39 is 0 Å². The summed E-state index contributed by atoms with van der Waals surface area (Å²) in [5.74, 6) is 3.34. The van der Waals surface area contributed by atoms with E-state index in [9.17, 15) is 0 Å². The van der Waals surface area contributed by atoms with E-state index in [4.69, 9.17) is 0 Å². The fourth-order valence-corrected chi connectivity index (χ4v) is 1.51. The fraction of sp³-hybridized carbons (Fsp3) is 0.600. The quantitative estimate of drug-likeness (QED) is 0.767. The second kappa shape index (κ2) is 3.32. The van der Waals surface area contributed by atoms with Crippen LogP contribution in [0.15, 0.2) is 12.3 Å². The molecular weight excluding hydrogens is 162 g/mol. The molecule has 0 radical (unpaired) electrons. The Morgan fingerprint density at radius 1 is 1.62 bits per heavy atom. The van der Waals surface area contributed by atoms with Gasteiger partial charge in [-0.3, -0.25) is 0 Å². The zero-order valence-corrected chi connectivity index (χ0v) is 8.12. The van der Waals surface area contributed by atoms with Gasteiger partial charge in [-0.25, -0.2) is 9.97 Å². The lowest BCUT2D eigenvalue weighted by molar-refractivity contribution is 0.842. The summed E-state index contributed by atoms with van der Waals surface area (Å²) in [7, 11) is 0. The van der Waals surface area contributed by atoms with Gasteiger partial charge >= 0.3 is 0 Å². The minimum Gasteiger partial charge on any atom is -0.370 e. The number of anilines is 1. The van der Waals surface area contributed by atoms with Crippen molar-refractivity contribution in [3.05, 3.63) is 18.1 Å². The lowest BCUT2D eigenvalue weighted by Crippen LogP contribution is -2.02. The molecule has 2 rings (SSSR count). The molecule has 13 heavy (non-hydrogen) atoms. The average molecular weight is 177 g/mol. The third-order valence-electron chi connectivity index (χ3n) is 2.47. The Morgan fingerprint density at radius 2 is 2.38 bits per heavy atom. The largest absolute Gasteiger partial charge is 0.370 e. The molecule has 3 heteroatoms. The number of nitrogens with zero attached hydrogens (tertiary/aromatic N) is 2. The molecule has 0 bridgehead atoms. The number of rotatable bonds is 3. The molecule has 1 aromatic rings. The molecule has 1 saturated carbocycles. The number of aromatic nitrogens is 2. The van der Waals surface area contributed by atoms with Crippen molar-refractivity contribution in [2.45, 2.75) is 26.2 Å². The van der Waals surface area contributed by atoms with E-state index in [2.05, 4.69) is 29.1 Å². The first-order chi connectivity index (χ1) is 6.31. The molecule has 1 aromatic heterocycles. The van der Waals surface area contributed by atoms with Gasteiger partial charge in [0, 0.05) is 18.7 Å². The van der Waals surface area contributed by atoms with E-state index in [-0.39, 0.29) is 0 Å². The third-order valence-corrected chi connectivity index (χ3v) is 2.47. The van der Waals surface area contributed by atoms with Crippen LogP contribution in [0.25, 0.3) is 0 Å². The van der Waals surface area contributed by atoms with Crippen LogP contribution in [0.2, 0.25) is 0 Å². The predicted octanol–water partition coefficient (Wildman–Crippen LogP) is 2.03. The first kappa shape index (κ1) is 8.48. The molecule has 2 atom stereocenters. The van der Waals surface area contributed by atoms with Crippen LogP contribution in [0, 0.1) is 5.92 Å². The number of hydrogen-bond donors (Lipinski definition) is 1. The highest BCUT2D eigenvalue weighted by Crippen LogP contribution is 2.45. The summed E-state index contributed by atoms with van der Waals surface area (Å²) in [6.07, 6.45) is 3.08. The molecule has 1 N–H and O–H groups in total. The Balaban J connectivity index is 2.13. The van der Waals surface area contributed by atoms with E-state index >= 15 is 0 Å². The van der Waals surface area contributed by atoms with Crippen molar-refractivity contribution in [3.63, 3.8) is 0 Å². The molecule has 0 saturated heterocycles. The van der Waals surface area contributed by atoms with Gasteiger partial charge in [-0.15, -0.1) is 0 Å². The molecule has 3 nitrogen and oxygen atoms in total. The molecule has 0 aliphatic heterocycles. The van der Waals surface area contributed by atoms with Gasteiger partial charge in [-0.05, 0) is 25.3 Å².